The third kappa shape index (κ3) is 3.30. The quantitative estimate of drug-likeness (QED) is 0.895. The number of nitrogens with two attached hydrogens (primary N) is 1. The highest BCUT2D eigenvalue weighted by Gasteiger charge is 2.34. The Morgan fingerprint density at radius 3 is 2.50 bits per heavy atom. The largest absolute Gasteiger partial charge is 0.418 e. The molecule has 1 aromatic rings. The van der Waals surface area contributed by atoms with E-state index in [1.54, 1.807) is 0 Å². The molecule has 2 rings (SSSR count). The summed E-state index contributed by atoms with van der Waals surface area (Å²) in [5, 5.41) is 2.41. The van der Waals surface area contributed by atoms with E-state index in [0.29, 0.717) is 5.56 Å². The van der Waals surface area contributed by atoms with Crippen molar-refractivity contribution in [3.63, 3.8) is 0 Å². The van der Waals surface area contributed by atoms with Gasteiger partial charge in [0.25, 0.3) is 0 Å². The molecule has 0 aliphatic heterocycles. The SMILES string of the molecule is NCc1ccc(NC(=O)C2CCCC2)c(C(F)(F)F)c1. The van der Waals surface area contributed by atoms with Crippen molar-refractivity contribution in [2.75, 3.05) is 5.32 Å². The molecule has 6 heteroatoms. The van der Waals surface area contributed by atoms with Crippen molar-refractivity contribution in [3.05, 3.63) is 29.3 Å². The van der Waals surface area contributed by atoms with Crippen LogP contribution in [0.15, 0.2) is 18.2 Å². The first-order chi connectivity index (χ1) is 9.41. The molecule has 0 atom stereocenters. The first-order valence-corrected chi connectivity index (χ1v) is 6.63. The lowest BCUT2D eigenvalue weighted by atomic mass is 10.1. The molecule has 3 nitrogen and oxygen atoms in total. The average Bonchev–Trinajstić information content (AvgIpc) is 2.91. The molecule has 1 fully saturated rings. The van der Waals surface area contributed by atoms with E-state index in [1.807, 2.05) is 0 Å². The maximum absolute atomic E-state index is 13.0. The normalized spacial score (nSPS) is 16.4. The Morgan fingerprint density at radius 1 is 1.30 bits per heavy atom. The van der Waals surface area contributed by atoms with Gasteiger partial charge in [0, 0.05) is 12.5 Å². The maximum Gasteiger partial charge on any atom is 0.418 e. The van der Waals surface area contributed by atoms with Crippen LogP contribution in [0.25, 0.3) is 0 Å². The van der Waals surface area contributed by atoms with E-state index in [9.17, 15) is 18.0 Å². The second-order valence-corrected chi connectivity index (χ2v) is 5.05. The number of carbonyl (C=O) groups excluding carboxylic acids is 1. The summed E-state index contributed by atoms with van der Waals surface area (Å²) in [4.78, 5) is 11.9. The Labute approximate surface area is 115 Å². The van der Waals surface area contributed by atoms with Crippen molar-refractivity contribution < 1.29 is 18.0 Å². The summed E-state index contributed by atoms with van der Waals surface area (Å²) < 4.78 is 39.0. The number of halogens is 3. The van der Waals surface area contributed by atoms with Crippen LogP contribution in [0.5, 0.6) is 0 Å². The zero-order chi connectivity index (χ0) is 14.8. The molecule has 0 bridgehead atoms. The molecule has 0 spiro atoms. The third-order valence-electron chi connectivity index (χ3n) is 3.61. The van der Waals surface area contributed by atoms with Gasteiger partial charge in [-0.3, -0.25) is 4.79 Å². The molecule has 1 aromatic carbocycles. The first-order valence-electron chi connectivity index (χ1n) is 6.63. The predicted octanol–water partition coefficient (Wildman–Crippen LogP) is 3.29. The van der Waals surface area contributed by atoms with Gasteiger partial charge < -0.3 is 11.1 Å². The zero-order valence-electron chi connectivity index (χ0n) is 11.0. The summed E-state index contributed by atoms with van der Waals surface area (Å²) in [6.07, 6.45) is -1.11. The van der Waals surface area contributed by atoms with Gasteiger partial charge in [-0.2, -0.15) is 13.2 Å². The number of hydrogen-bond acceptors (Lipinski definition) is 2. The van der Waals surface area contributed by atoms with Crippen molar-refractivity contribution in [3.8, 4) is 0 Å². The standard InChI is InChI=1S/C14H17F3N2O/c15-14(16,17)11-7-9(8-18)5-6-12(11)19-13(20)10-3-1-2-4-10/h5-7,10H,1-4,8,18H2,(H,19,20). The van der Waals surface area contributed by atoms with Crippen LogP contribution in [0, 0.1) is 5.92 Å². The average molecular weight is 286 g/mol. The van der Waals surface area contributed by atoms with Crippen LogP contribution < -0.4 is 11.1 Å². The van der Waals surface area contributed by atoms with E-state index < -0.39 is 11.7 Å². The van der Waals surface area contributed by atoms with E-state index in [-0.39, 0.29) is 24.1 Å². The molecule has 20 heavy (non-hydrogen) atoms. The van der Waals surface area contributed by atoms with Gasteiger partial charge in [-0.1, -0.05) is 18.9 Å². The molecule has 1 amide bonds. The fourth-order valence-corrected chi connectivity index (χ4v) is 2.48. The second kappa shape index (κ2) is 5.83. The van der Waals surface area contributed by atoms with Gasteiger partial charge in [-0.05, 0) is 30.5 Å². The minimum atomic E-state index is -4.51. The number of nitrogens with one attached hydrogen (secondary N) is 1. The molecule has 0 unspecified atom stereocenters. The van der Waals surface area contributed by atoms with Gasteiger partial charge in [0.15, 0.2) is 0 Å². The zero-order valence-corrected chi connectivity index (χ0v) is 11.0. The second-order valence-electron chi connectivity index (χ2n) is 5.05. The van der Waals surface area contributed by atoms with Crippen molar-refractivity contribution in [1.82, 2.24) is 0 Å². The van der Waals surface area contributed by atoms with Crippen LogP contribution in [0.4, 0.5) is 18.9 Å². The predicted molar refractivity (Wildman–Crippen MR) is 69.9 cm³/mol. The van der Waals surface area contributed by atoms with Crippen LogP contribution in [-0.2, 0) is 17.5 Å². The van der Waals surface area contributed by atoms with E-state index >= 15 is 0 Å². The highest BCUT2D eigenvalue weighted by molar-refractivity contribution is 5.93. The van der Waals surface area contributed by atoms with Gasteiger partial charge in [0.1, 0.15) is 0 Å². The fraction of sp³-hybridized carbons (Fsp3) is 0.500. The number of anilines is 1. The molecule has 1 saturated carbocycles. The Balaban J connectivity index is 2.24. The minimum absolute atomic E-state index is 0.0277. The van der Waals surface area contributed by atoms with Gasteiger partial charge in [0.2, 0.25) is 5.91 Å². The molecule has 0 heterocycles. The van der Waals surface area contributed by atoms with Crippen LogP contribution in [-0.4, -0.2) is 5.91 Å². The molecule has 0 radical (unpaired) electrons. The topological polar surface area (TPSA) is 55.1 Å². The van der Waals surface area contributed by atoms with Gasteiger partial charge in [-0.25, -0.2) is 0 Å². The lowest BCUT2D eigenvalue weighted by molar-refractivity contribution is -0.137. The van der Waals surface area contributed by atoms with Crippen LogP contribution in [0.2, 0.25) is 0 Å². The monoisotopic (exact) mass is 286 g/mol. The Bertz CT molecular complexity index is 494. The number of benzene rings is 1. The molecular formula is C14H17F3N2O. The molecular weight excluding hydrogens is 269 g/mol. The highest BCUT2D eigenvalue weighted by atomic mass is 19.4. The highest BCUT2D eigenvalue weighted by Crippen LogP contribution is 2.36. The number of carbonyl (C=O) groups is 1. The summed E-state index contributed by atoms with van der Waals surface area (Å²) in [5.41, 5.74) is 4.71. The van der Waals surface area contributed by atoms with Crippen molar-refractivity contribution in [2.45, 2.75) is 38.4 Å². The van der Waals surface area contributed by atoms with E-state index in [2.05, 4.69) is 5.32 Å². The number of alkyl halides is 3. The summed E-state index contributed by atoms with van der Waals surface area (Å²) in [6, 6.07) is 3.77. The minimum Gasteiger partial charge on any atom is -0.326 e. The summed E-state index contributed by atoms with van der Waals surface area (Å²) >= 11 is 0. The maximum atomic E-state index is 13.0. The lowest BCUT2D eigenvalue weighted by Gasteiger charge is -2.17. The Hall–Kier alpha value is -1.56. The summed E-state index contributed by atoms with van der Waals surface area (Å²) in [5.74, 6) is -0.501. The fourth-order valence-electron chi connectivity index (χ4n) is 2.48. The third-order valence-corrected chi connectivity index (χ3v) is 3.61. The van der Waals surface area contributed by atoms with Crippen molar-refractivity contribution in [1.29, 1.82) is 0 Å². The van der Waals surface area contributed by atoms with Gasteiger partial charge in [-0.15, -0.1) is 0 Å². The van der Waals surface area contributed by atoms with Crippen LogP contribution >= 0.6 is 0 Å². The molecule has 1 aliphatic carbocycles. The van der Waals surface area contributed by atoms with E-state index in [4.69, 9.17) is 5.73 Å². The van der Waals surface area contributed by atoms with Crippen LogP contribution in [0.1, 0.15) is 36.8 Å². The van der Waals surface area contributed by atoms with Gasteiger partial charge >= 0.3 is 6.18 Å². The Kier molecular flexibility index (Phi) is 4.32. The molecule has 0 aromatic heterocycles. The molecule has 3 N–H and O–H groups in total. The van der Waals surface area contributed by atoms with E-state index in [1.165, 1.54) is 12.1 Å². The molecule has 1 aliphatic rings. The summed E-state index contributed by atoms with van der Waals surface area (Å²) in [7, 11) is 0. The van der Waals surface area contributed by atoms with Crippen molar-refractivity contribution >= 4 is 11.6 Å². The molecule has 110 valence electrons. The lowest BCUT2D eigenvalue weighted by Crippen LogP contribution is -2.22. The van der Waals surface area contributed by atoms with Crippen LogP contribution in [0.3, 0.4) is 0 Å². The molecule has 0 saturated heterocycles. The van der Waals surface area contributed by atoms with Gasteiger partial charge in [0.05, 0.1) is 11.3 Å². The Morgan fingerprint density at radius 2 is 1.95 bits per heavy atom. The first kappa shape index (κ1) is 14.8. The number of hydrogen-bond donors (Lipinski definition) is 2. The number of rotatable bonds is 3. The summed E-state index contributed by atoms with van der Waals surface area (Å²) in [6.45, 7) is 0.0277. The number of amides is 1. The smallest absolute Gasteiger partial charge is 0.326 e. The van der Waals surface area contributed by atoms with Crippen molar-refractivity contribution in [2.24, 2.45) is 11.7 Å². The van der Waals surface area contributed by atoms with E-state index in [0.717, 1.165) is 31.7 Å².